The van der Waals surface area contributed by atoms with E-state index in [0.717, 1.165) is 19.0 Å². The molecule has 7 heteroatoms. The maximum Gasteiger partial charge on any atom is 0.337 e. The summed E-state index contributed by atoms with van der Waals surface area (Å²) in [4.78, 5) is 14.4. The predicted molar refractivity (Wildman–Crippen MR) is 68.3 cm³/mol. The molecule has 19 heavy (non-hydrogen) atoms. The topological polar surface area (TPSA) is 96.4 Å². The molecule has 1 aromatic rings. The first-order valence-corrected chi connectivity index (χ1v) is 7.34. The SMILES string of the molecule is O=C(O)c1ccc(S(=O)(=O)NC2CC=CCC2)nc1. The van der Waals surface area contributed by atoms with Crippen LogP contribution in [-0.2, 0) is 10.0 Å². The molecule has 2 rings (SSSR count). The Bertz CT molecular complexity index is 593. The highest BCUT2D eigenvalue weighted by Gasteiger charge is 2.21. The van der Waals surface area contributed by atoms with E-state index in [1.165, 1.54) is 12.1 Å². The molecule has 0 spiro atoms. The van der Waals surface area contributed by atoms with Gasteiger partial charge in [0.1, 0.15) is 0 Å². The normalized spacial score (nSPS) is 19.3. The molecule has 1 heterocycles. The van der Waals surface area contributed by atoms with Crippen LogP contribution in [0.3, 0.4) is 0 Å². The minimum absolute atomic E-state index is 0.0421. The van der Waals surface area contributed by atoms with Crippen molar-refractivity contribution in [1.82, 2.24) is 9.71 Å². The minimum atomic E-state index is -3.69. The Balaban J connectivity index is 2.14. The average molecular weight is 282 g/mol. The van der Waals surface area contributed by atoms with Crippen molar-refractivity contribution in [2.45, 2.75) is 30.3 Å². The lowest BCUT2D eigenvalue weighted by molar-refractivity contribution is 0.0696. The number of hydrogen-bond acceptors (Lipinski definition) is 4. The first kappa shape index (κ1) is 13.7. The van der Waals surface area contributed by atoms with Crippen LogP contribution in [-0.4, -0.2) is 30.5 Å². The fraction of sp³-hybridized carbons (Fsp3) is 0.333. The van der Waals surface area contributed by atoms with E-state index >= 15 is 0 Å². The van der Waals surface area contributed by atoms with Crippen LogP contribution in [0.4, 0.5) is 0 Å². The molecule has 0 saturated carbocycles. The van der Waals surface area contributed by atoms with E-state index in [4.69, 9.17) is 5.11 Å². The Morgan fingerprint density at radius 3 is 2.68 bits per heavy atom. The molecule has 2 N–H and O–H groups in total. The van der Waals surface area contributed by atoms with Crippen molar-refractivity contribution in [2.24, 2.45) is 0 Å². The first-order valence-electron chi connectivity index (χ1n) is 5.86. The Morgan fingerprint density at radius 2 is 2.16 bits per heavy atom. The maximum atomic E-state index is 12.0. The van der Waals surface area contributed by atoms with Gasteiger partial charge in [-0.1, -0.05) is 12.2 Å². The summed E-state index contributed by atoms with van der Waals surface area (Å²) >= 11 is 0. The summed E-state index contributed by atoms with van der Waals surface area (Å²) in [6.45, 7) is 0. The van der Waals surface area contributed by atoms with Gasteiger partial charge in [0.2, 0.25) is 0 Å². The van der Waals surface area contributed by atoms with E-state index in [2.05, 4.69) is 9.71 Å². The van der Waals surface area contributed by atoms with Gasteiger partial charge >= 0.3 is 5.97 Å². The zero-order chi connectivity index (χ0) is 13.9. The molecular formula is C12H14N2O4S. The number of aromatic carboxylic acids is 1. The van der Waals surface area contributed by atoms with Crippen molar-refractivity contribution in [3.63, 3.8) is 0 Å². The van der Waals surface area contributed by atoms with E-state index in [1.807, 2.05) is 12.2 Å². The largest absolute Gasteiger partial charge is 0.478 e. The van der Waals surface area contributed by atoms with Gasteiger partial charge in [0, 0.05) is 12.2 Å². The van der Waals surface area contributed by atoms with E-state index in [-0.39, 0.29) is 16.6 Å². The number of hydrogen-bond donors (Lipinski definition) is 2. The van der Waals surface area contributed by atoms with Gasteiger partial charge in [-0.2, -0.15) is 0 Å². The van der Waals surface area contributed by atoms with Gasteiger partial charge in [-0.05, 0) is 31.4 Å². The van der Waals surface area contributed by atoms with Crippen LogP contribution >= 0.6 is 0 Å². The quantitative estimate of drug-likeness (QED) is 0.808. The van der Waals surface area contributed by atoms with Crippen LogP contribution in [0.2, 0.25) is 0 Å². The molecule has 0 saturated heterocycles. The van der Waals surface area contributed by atoms with Gasteiger partial charge in [-0.3, -0.25) is 0 Å². The second-order valence-electron chi connectivity index (χ2n) is 4.29. The lowest BCUT2D eigenvalue weighted by Crippen LogP contribution is -2.35. The molecule has 0 bridgehead atoms. The Labute approximate surface area is 111 Å². The minimum Gasteiger partial charge on any atom is -0.478 e. The number of aromatic nitrogens is 1. The number of rotatable bonds is 4. The van der Waals surface area contributed by atoms with Crippen molar-refractivity contribution in [1.29, 1.82) is 0 Å². The summed E-state index contributed by atoms with van der Waals surface area (Å²) in [7, 11) is -3.69. The summed E-state index contributed by atoms with van der Waals surface area (Å²) in [5, 5.41) is 8.57. The van der Waals surface area contributed by atoms with Gasteiger partial charge in [0.15, 0.2) is 5.03 Å². The number of carbonyl (C=O) groups is 1. The van der Waals surface area contributed by atoms with E-state index < -0.39 is 16.0 Å². The molecule has 0 fully saturated rings. The molecule has 0 aliphatic heterocycles. The lowest BCUT2D eigenvalue weighted by Gasteiger charge is -2.18. The van der Waals surface area contributed by atoms with E-state index in [9.17, 15) is 13.2 Å². The Hall–Kier alpha value is -1.73. The summed E-state index contributed by atoms with van der Waals surface area (Å²) in [5.74, 6) is -1.14. The number of allylic oxidation sites excluding steroid dienone is 1. The summed E-state index contributed by atoms with van der Waals surface area (Å²) in [5.41, 5.74) is -0.0421. The number of pyridine rings is 1. The van der Waals surface area contributed by atoms with Gasteiger partial charge in [-0.25, -0.2) is 22.9 Å². The highest BCUT2D eigenvalue weighted by atomic mass is 32.2. The highest BCUT2D eigenvalue weighted by Crippen LogP contribution is 2.14. The third kappa shape index (κ3) is 3.39. The van der Waals surface area contributed by atoms with Crippen LogP contribution in [0.25, 0.3) is 0 Å². The number of nitrogens with zero attached hydrogens (tertiary/aromatic N) is 1. The number of carboxylic acids is 1. The monoisotopic (exact) mass is 282 g/mol. The molecule has 1 aliphatic rings. The zero-order valence-corrected chi connectivity index (χ0v) is 10.9. The summed E-state index contributed by atoms with van der Waals surface area (Å²) in [6, 6.07) is 2.30. The standard InChI is InChI=1S/C12H14N2O4S/c15-12(16)9-6-7-11(13-8-9)19(17,18)14-10-4-2-1-3-5-10/h1-2,6-8,10,14H,3-5H2,(H,15,16). The summed E-state index contributed by atoms with van der Waals surface area (Å²) < 4.78 is 26.6. The van der Waals surface area contributed by atoms with Crippen molar-refractivity contribution in [2.75, 3.05) is 0 Å². The Kier molecular flexibility index (Phi) is 3.96. The molecule has 1 aromatic heterocycles. The molecule has 1 atom stereocenters. The van der Waals surface area contributed by atoms with Crippen LogP contribution in [0.1, 0.15) is 29.6 Å². The average Bonchev–Trinajstić information content (AvgIpc) is 2.39. The van der Waals surface area contributed by atoms with Crippen LogP contribution in [0.5, 0.6) is 0 Å². The first-order chi connectivity index (χ1) is 8.99. The second kappa shape index (κ2) is 5.50. The zero-order valence-electron chi connectivity index (χ0n) is 10.1. The van der Waals surface area contributed by atoms with Crippen molar-refractivity contribution in [3.05, 3.63) is 36.0 Å². The maximum absolute atomic E-state index is 12.0. The number of carboxylic acid groups (broad SMARTS) is 1. The highest BCUT2D eigenvalue weighted by molar-refractivity contribution is 7.89. The number of sulfonamides is 1. The van der Waals surface area contributed by atoms with Gasteiger partial charge < -0.3 is 5.11 Å². The van der Waals surface area contributed by atoms with Crippen molar-refractivity contribution in [3.8, 4) is 0 Å². The summed E-state index contributed by atoms with van der Waals surface area (Å²) in [6.07, 6.45) is 7.26. The van der Waals surface area contributed by atoms with Gasteiger partial charge in [-0.15, -0.1) is 0 Å². The molecule has 0 amide bonds. The van der Waals surface area contributed by atoms with E-state index in [0.29, 0.717) is 6.42 Å². The second-order valence-corrected chi connectivity index (χ2v) is 5.95. The van der Waals surface area contributed by atoms with Crippen LogP contribution in [0.15, 0.2) is 35.5 Å². The van der Waals surface area contributed by atoms with Gasteiger partial charge in [0.05, 0.1) is 5.56 Å². The fourth-order valence-electron chi connectivity index (χ4n) is 1.85. The molecule has 6 nitrogen and oxygen atoms in total. The molecule has 102 valence electrons. The van der Waals surface area contributed by atoms with Crippen LogP contribution in [0, 0.1) is 0 Å². The molecule has 1 aliphatic carbocycles. The van der Waals surface area contributed by atoms with Gasteiger partial charge in [0.25, 0.3) is 10.0 Å². The van der Waals surface area contributed by atoms with E-state index in [1.54, 1.807) is 0 Å². The molecular weight excluding hydrogens is 268 g/mol. The third-order valence-corrected chi connectivity index (χ3v) is 4.29. The predicted octanol–water partition coefficient (Wildman–Crippen LogP) is 1.17. The molecule has 0 radical (unpaired) electrons. The molecule has 0 aromatic carbocycles. The van der Waals surface area contributed by atoms with Crippen molar-refractivity contribution < 1.29 is 18.3 Å². The number of nitrogens with one attached hydrogen (secondary N) is 1. The fourth-order valence-corrected chi connectivity index (χ4v) is 3.06. The smallest absolute Gasteiger partial charge is 0.337 e. The lowest BCUT2D eigenvalue weighted by atomic mass is 10.0. The van der Waals surface area contributed by atoms with Crippen LogP contribution < -0.4 is 4.72 Å². The van der Waals surface area contributed by atoms with Crippen molar-refractivity contribution >= 4 is 16.0 Å². The Morgan fingerprint density at radius 1 is 1.37 bits per heavy atom. The molecule has 1 unspecified atom stereocenters. The third-order valence-electron chi connectivity index (χ3n) is 2.85.